The van der Waals surface area contributed by atoms with Crippen molar-refractivity contribution in [2.24, 2.45) is 0 Å². The van der Waals surface area contributed by atoms with E-state index in [0.717, 1.165) is 25.3 Å². The van der Waals surface area contributed by atoms with Crippen LogP contribution < -0.4 is 10.1 Å². The second kappa shape index (κ2) is 6.91. The molecule has 20 heavy (non-hydrogen) atoms. The van der Waals surface area contributed by atoms with Crippen LogP contribution in [0.3, 0.4) is 0 Å². The summed E-state index contributed by atoms with van der Waals surface area (Å²) in [5.41, 5.74) is 1.43. The molecule has 2 nitrogen and oxygen atoms in total. The van der Waals surface area contributed by atoms with E-state index in [1.165, 1.54) is 10.4 Å². The third-order valence-corrected chi connectivity index (χ3v) is 3.88. The van der Waals surface area contributed by atoms with Crippen LogP contribution in [-0.4, -0.2) is 12.1 Å². The van der Waals surface area contributed by atoms with Crippen LogP contribution in [-0.2, 0) is 13.0 Å². The van der Waals surface area contributed by atoms with Crippen LogP contribution in [0, 0.1) is 0 Å². The lowest BCUT2D eigenvalue weighted by Gasteiger charge is -2.20. The van der Waals surface area contributed by atoms with Gasteiger partial charge in [-0.25, -0.2) is 0 Å². The van der Waals surface area contributed by atoms with Crippen LogP contribution in [0.15, 0.2) is 41.8 Å². The predicted molar refractivity (Wildman–Crippen MR) is 86.6 cm³/mol. The Morgan fingerprint density at radius 2 is 1.85 bits per heavy atom. The van der Waals surface area contributed by atoms with E-state index >= 15 is 0 Å². The lowest BCUT2D eigenvalue weighted by atomic mass is 10.1. The highest BCUT2D eigenvalue weighted by Gasteiger charge is 2.08. The normalized spacial score (nSPS) is 11.6. The number of hydrogen-bond donors (Lipinski definition) is 1. The summed E-state index contributed by atoms with van der Waals surface area (Å²) in [5, 5.41) is 5.58. The smallest absolute Gasteiger partial charge is 0.119 e. The molecular weight excluding hydrogens is 266 g/mol. The molecule has 0 bridgehead atoms. The van der Waals surface area contributed by atoms with Gasteiger partial charge in [-0.3, -0.25) is 0 Å². The van der Waals surface area contributed by atoms with E-state index < -0.39 is 0 Å². The topological polar surface area (TPSA) is 21.3 Å². The minimum atomic E-state index is 0.149. The molecule has 2 rings (SSSR count). The van der Waals surface area contributed by atoms with Gasteiger partial charge in [-0.15, -0.1) is 11.3 Å². The zero-order valence-corrected chi connectivity index (χ0v) is 13.3. The fraction of sp³-hybridized carbons (Fsp3) is 0.412. The lowest BCUT2D eigenvalue weighted by Crippen LogP contribution is -2.35. The molecule has 0 radical (unpaired) electrons. The molecule has 1 aromatic carbocycles. The van der Waals surface area contributed by atoms with Crippen molar-refractivity contribution in [1.29, 1.82) is 0 Å². The molecule has 1 aromatic heterocycles. The molecule has 0 amide bonds. The second-order valence-electron chi connectivity index (χ2n) is 5.93. The Hall–Kier alpha value is -1.32. The minimum Gasteiger partial charge on any atom is -0.493 e. The zero-order chi connectivity index (χ0) is 14.4. The van der Waals surface area contributed by atoms with Crippen molar-refractivity contribution in [2.45, 2.75) is 39.3 Å². The minimum absolute atomic E-state index is 0.149. The Labute approximate surface area is 125 Å². The van der Waals surface area contributed by atoms with Crippen molar-refractivity contribution < 1.29 is 4.74 Å². The van der Waals surface area contributed by atoms with Crippen LogP contribution in [0.1, 0.15) is 31.2 Å². The highest BCUT2D eigenvalue weighted by molar-refractivity contribution is 7.09. The fourth-order valence-corrected chi connectivity index (χ4v) is 2.49. The first-order chi connectivity index (χ1) is 9.53. The van der Waals surface area contributed by atoms with E-state index in [-0.39, 0.29) is 5.54 Å². The molecule has 0 aliphatic rings. The predicted octanol–water partition coefficient (Wildman–Crippen LogP) is 4.26. The van der Waals surface area contributed by atoms with Crippen molar-refractivity contribution >= 4 is 11.3 Å². The molecule has 0 saturated heterocycles. The van der Waals surface area contributed by atoms with E-state index in [9.17, 15) is 0 Å². The summed E-state index contributed by atoms with van der Waals surface area (Å²) in [6, 6.07) is 12.6. The lowest BCUT2D eigenvalue weighted by molar-refractivity contribution is 0.323. The largest absolute Gasteiger partial charge is 0.493 e. The summed E-state index contributed by atoms with van der Waals surface area (Å²) >= 11 is 1.78. The average Bonchev–Trinajstić information content (AvgIpc) is 2.90. The summed E-state index contributed by atoms with van der Waals surface area (Å²) in [6.45, 7) is 8.15. The van der Waals surface area contributed by atoms with Crippen molar-refractivity contribution in [1.82, 2.24) is 5.32 Å². The molecule has 2 aromatic rings. The van der Waals surface area contributed by atoms with E-state index in [4.69, 9.17) is 4.74 Å². The standard InChI is InChI=1S/C17H23NOS/c1-17(2,3)18-13-14-6-8-15(9-7-14)19-11-10-16-5-4-12-20-16/h4-9,12,18H,10-11,13H2,1-3H3. The SMILES string of the molecule is CC(C)(C)NCc1ccc(OCCc2cccs2)cc1. The van der Waals surface area contributed by atoms with Crippen LogP contribution in [0.5, 0.6) is 5.75 Å². The summed E-state index contributed by atoms with van der Waals surface area (Å²) in [7, 11) is 0. The Bertz CT molecular complexity index is 497. The Balaban J connectivity index is 1.76. The van der Waals surface area contributed by atoms with Crippen molar-refractivity contribution in [3.05, 3.63) is 52.2 Å². The second-order valence-corrected chi connectivity index (χ2v) is 6.96. The monoisotopic (exact) mass is 289 g/mol. The highest BCUT2D eigenvalue weighted by atomic mass is 32.1. The summed E-state index contributed by atoms with van der Waals surface area (Å²) < 4.78 is 5.77. The first kappa shape index (κ1) is 15.1. The number of ether oxygens (including phenoxy) is 1. The molecule has 0 atom stereocenters. The van der Waals surface area contributed by atoms with E-state index in [0.29, 0.717) is 0 Å². The maximum atomic E-state index is 5.77. The van der Waals surface area contributed by atoms with Crippen molar-refractivity contribution in [2.75, 3.05) is 6.61 Å². The summed E-state index contributed by atoms with van der Waals surface area (Å²) in [4.78, 5) is 1.37. The third kappa shape index (κ3) is 5.35. The molecule has 3 heteroatoms. The van der Waals surface area contributed by atoms with Gasteiger partial charge in [-0.05, 0) is 49.9 Å². The Kier molecular flexibility index (Phi) is 5.21. The van der Waals surface area contributed by atoms with Crippen molar-refractivity contribution in [3.8, 4) is 5.75 Å². The van der Waals surface area contributed by atoms with Gasteiger partial charge in [0.2, 0.25) is 0 Å². The summed E-state index contributed by atoms with van der Waals surface area (Å²) in [6.07, 6.45) is 0.977. The molecule has 0 aliphatic heterocycles. The number of thiophene rings is 1. The van der Waals surface area contributed by atoms with Crippen LogP contribution >= 0.6 is 11.3 Å². The van der Waals surface area contributed by atoms with Gasteiger partial charge in [0.05, 0.1) is 6.61 Å². The molecule has 108 valence electrons. The van der Waals surface area contributed by atoms with Gasteiger partial charge in [0.15, 0.2) is 0 Å². The maximum absolute atomic E-state index is 5.77. The number of rotatable bonds is 6. The number of nitrogens with one attached hydrogen (secondary N) is 1. The fourth-order valence-electron chi connectivity index (χ4n) is 1.80. The van der Waals surface area contributed by atoms with Crippen LogP contribution in [0.4, 0.5) is 0 Å². The van der Waals surface area contributed by atoms with Crippen LogP contribution in [0.25, 0.3) is 0 Å². The average molecular weight is 289 g/mol. The van der Waals surface area contributed by atoms with Gasteiger partial charge in [0, 0.05) is 23.4 Å². The Morgan fingerprint density at radius 1 is 1.10 bits per heavy atom. The molecule has 0 unspecified atom stereocenters. The van der Waals surface area contributed by atoms with Gasteiger partial charge in [0.25, 0.3) is 0 Å². The van der Waals surface area contributed by atoms with E-state index in [1.807, 2.05) is 12.1 Å². The maximum Gasteiger partial charge on any atom is 0.119 e. The molecular formula is C17H23NOS. The third-order valence-electron chi connectivity index (χ3n) is 2.94. The van der Waals surface area contributed by atoms with Gasteiger partial charge in [-0.1, -0.05) is 18.2 Å². The summed E-state index contributed by atoms with van der Waals surface area (Å²) in [5.74, 6) is 0.945. The quantitative estimate of drug-likeness (QED) is 0.858. The first-order valence-electron chi connectivity index (χ1n) is 7.02. The molecule has 0 aliphatic carbocycles. The van der Waals surface area contributed by atoms with E-state index in [1.54, 1.807) is 11.3 Å². The number of benzene rings is 1. The Morgan fingerprint density at radius 3 is 2.45 bits per heavy atom. The van der Waals surface area contributed by atoms with Gasteiger partial charge < -0.3 is 10.1 Å². The van der Waals surface area contributed by atoms with Gasteiger partial charge >= 0.3 is 0 Å². The molecule has 1 heterocycles. The molecule has 0 spiro atoms. The zero-order valence-electron chi connectivity index (χ0n) is 12.5. The molecule has 1 N–H and O–H groups in total. The molecule has 0 saturated carbocycles. The van der Waals surface area contributed by atoms with Crippen molar-refractivity contribution in [3.63, 3.8) is 0 Å². The number of hydrogen-bond acceptors (Lipinski definition) is 3. The van der Waals surface area contributed by atoms with E-state index in [2.05, 4.69) is 55.7 Å². The first-order valence-corrected chi connectivity index (χ1v) is 7.90. The van der Waals surface area contributed by atoms with Crippen LogP contribution in [0.2, 0.25) is 0 Å². The van der Waals surface area contributed by atoms with Gasteiger partial charge in [0.1, 0.15) is 5.75 Å². The highest BCUT2D eigenvalue weighted by Crippen LogP contribution is 2.14. The van der Waals surface area contributed by atoms with Gasteiger partial charge in [-0.2, -0.15) is 0 Å². The molecule has 0 fully saturated rings.